The summed E-state index contributed by atoms with van der Waals surface area (Å²) in [4.78, 5) is 21.8. The molecule has 0 rings (SSSR count). The molecule has 0 aromatic carbocycles. The molecule has 0 aliphatic heterocycles. The molecule has 0 unspecified atom stereocenters. The highest BCUT2D eigenvalue weighted by molar-refractivity contribution is 5.83. The van der Waals surface area contributed by atoms with Gasteiger partial charge >= 0.3 is 6.03 Å². The first-order valence-corrected chi connectivity index (χ1v) is 5.41. The molecular weight excluding hydrogens is 194 g/mol. The molecule has 0 saturated heterocycles. The first kappa shape index (κ1) is 13.9. The van der Waals surface area contributed by atoms with Gasteiger partial charge in [0.2, 0.25) is 0 Å². The molecule has 0 heterocycles. The number of carbonyl (C=O) groups excluding carboxylic acids is 2. The van der Waals surface area contributed by atoms with E-state index in [1.807, 2.05) is 13.8 Å². The molecule has 0 aromatic heterocycles. The normalized spacial score (nSPS) is 12.1. The first-order chi connectivity index (χ1) is 7.11. The second-order valence-electron chi connectivity index (χ2n) is 3.36. The molecule has 0 aliphatic rings. The molecule has 0 bridgehead atoms. The molecule has 0 aliphatic carbocycles. The van der Waals surface area contributed by atoms with Crippen LogP contribution in [0.1, 0.15) is 33.1 Å². The minimum atomic E-state index is -0.517. The van der Waals surface area contributed by atoms with Crippen molar-refractivity contribution in [2.24, 2.45) is 5.73 Å². The molecule has 0 aromatic rings. The fourth-order valence-corrected chi connectivity index (χ4v) is 1.39. The van der Waals surface area contributed by atoms with Crippen LogP contribution in [0.2, 0.25) is 0 Å². The van der Waals surface area contributed by atoms with Gasteiger partial charge in [-0.1, -0.05) is 13.8 Å². The monoisotopic (exact) mass is 215 g/mol. The zero-order chi connectivity index (χ0) is 11.7. The van der Waals surface area contributed by atoms with E-state index in [2.05, 4.69) is 10.6 Å². The number of likely N-dealkylation sites (N-methyl/N-ethyl adjacent to an activating group) is 1. The Balaban J connectivity index is 3.75. The van der Waals surface area contributed by atoms with E-state index in [0.29, 0.717) is 13.0 Å². The van der Waals surface area contributed by atoms with Crippen molar-refractivity contribution in [3.05, 3.63) is 0 Å². The van der Waals surface area contributed by atoms with Crippen LogP contribution in [0.5, 0.6) is 0 Å². The van der Waals surface area contributed by atoms with Crippen LogP contribution in [-0.4, -0.2) is 30.9 Å². The molecule has 0 fully saturated rings. The van der Waals surface area contributed by atoms with Crippen LogP contribution in [0, 0.1) is 0 Å². The van der Waals surface area contributed by atoms with Crippen molar-refractivity contribution in [1.82, 2.24) is 10.6 Å². The van der Waals surface area contributed by atoms with Gasteiger partial charge in [-0.05, 0) is 19.4 Å². The Kier molecular flexibility index (Phi) is 7.62. The van der Waals surface area contributed by atoms with Gasteiger partial charge in [-0.25, -0.2) is 4.79 Å². The highest BCUT2D eigenvalue weighted by Gasteiger charge is 2.14. The van der Waals surface area contributed by atoms with Crippen LogP contribution in [0.15, 0.2) is 0 Å². The Hall–Kier alpha value is -1.10. The van der Waals surface area contributed by atoms with Gasteiger partial charge in [0.1, 0.15) is 5.78 Å². The molecule has 0 saturated carbocycles. The minimum Gasteiger partial charge on any atom is -0.352 e. The fourth-order valence-electron chi connectivity index (χ4n) is 1.39. The van der Waals surface area contributed by atoms with E-state index in [1.54, 1.807) is 0 Å². The van der Waals surface area contributed by atoms with Crippen LogP contribution < -0.4 is 16.4 Å². The lowest BCUT2D eigenvalue weighted by molar-refractivity contribution is -0.120. The summed E-state index contributed by atoms with van der Waals surface area (Å²) < 4.78 is 0. The summed E-state index contributed by atoms with van der Waals surface area (Å²) in [5.74, 6) is 0.218. The Morgan fingerprint density at radius 1 is 1.33 bits per heavy atom. The van der Waals surface area contributed by atoms with Crippen LogP contribution in [0.25, 0.3) is 0 Å². The van der Waals surface area contributed by atoms with Crippen molar-refractivity contribution in [3.63, 3.8) is 0 Å². The standard InChI is InChI=1S/C10H21N3O2/c1-3-9(14)8(12-4-2)6-5-7-13-10(11)15/h8,12H,3-7H2,1-2H3,(H3,11,13,15)/t8-/m0/s1. The van der Waals surface area contributed by atoms with Crippen LogP contribution in [-0.2, 0) is 4.79 Å². The Morgan fingerprint density at radius 2 is 2.00 bits per heavy atom. The highest BCUT2D eigenvalue weighted by atomic mass is 16.2. The Labute approximate surface area is 90.8 Å². The van der Waals surface area contributed by atoms with Gasteiger partial charge in [-0.15, -0.1) is 0 Å². The van der Waals surface area contributed by atoms with Gasteiger partial charge < -0.3 is 16.4 Å². The van der Waals surface area contributed by atoms with Crippen molar-refractivity contribution >= 4 is 11.8 Å². The quantitative estimate of drug-likeness (QED) is 0.512. The predicted octanol–water partition coefficient (Wildman–Crippen LogP) is 0.392. The highest BCUT2D eigenvalue weighted by Crippen LogP contribution is 2.00. The number of carbonyl (C=O) groups is 2. The number of ketones is 1. The van der Waals surface area contributed by atoms with E-state index < -0.39 is 6.03 Å². The van der Waals surface area contributed by atoms with Crippen molar-refractivity contribution in [1.29, 1.82) is 0 Å². The topological polar surface area (TPSA) is 84.2 Å². The summed E-state index contributed by atoms with van der Waals surface area (Å²) in [6.45, 7) is 5.12. The zero-order valence-corrected chi connectivity index (χ0v) is 9.51. The maximum atomic E-state index is 11.5. The van der Waals surface area contributed by atoms with Gasteiger partial charge in [0.25, 0.3) is 0 Å². The smallest absolute Gasteiger partial charge is 0.312 e. The zero-order valence-electron chi connectivity index (χ0n) is 9.51. The second-order valence-corrected chi connectivity index (χ2v) is 3.36. The van der Waals surface area contributed by atoms with E-state index in [0.717, 1.165) is 19.4 Å². The second kappa shape index (κ2) is 8.23. The van der Waals surface area contributed by atoms with Gasteiger partial charge in [0.05, 0.1) is 6.04 Å². The largest absolute Gasteiger partial charge is 0.352 e. The molecular formula is C10H21N3O2. The number of hydrogen-bond donors (Lipinski definition) is 3. The van der Waals surface area contributed by atoms with Gasteiger partial charge in [-0.3, -0.25) is 4.79 Å². The molecule has 88 valence electrons. The van der Waals surface area contributed by atoms with Crippen molar-refractivity contribution < 1.29 is 9.59 Å². The average Bonchev–Trinajstić information content (AvgIpc) is 2.21. The number of nitrogens with one attached hydrogen (secondary N) is 2. The molecule has 4 N–H and O–H groups in total. The van der Waals surface area contributed by atoms with Crippen LogP contribution in [0.3, 0.4) is 0 Å². The number of Topliss-reactive ketones (excluding diaryl/α,β-unsaturated/α-hetero) is 1. The number of hydrogen-bond acceptors (Lipinski definition) is 3. The van der Waals surface area contributed by atoms with Gasteiger partial charge in [-0.2, -0.15) is 0 Å². The summed E-state index contributed by atoms with van der Waals surface area (Å²) in [6, 6.07) is -0.605. The molecule has 15 heavy (non-hydrogen) atoms. The van der Waals surface area contributed by atoms with Crippen LogP contribution in [0.4, 0.5) is 4.79 Å². The van der Waals surface area contributed by atoms with E-state index in [9.17, 15) is 9.59 Å². The molecule has 0 spiro atoms. The lowest BCUT2D eigenvalue weighted by Crippen LogP contribution is -2.37. The summed E-state index contributed by atoms with van der Waals surface area (Å²) in [5, 5.41) is 5.63. The fraction of sp³-hybridized carbons (Fsp3) is 0.800. The minimum absolute atomic E-state index is 0.0883. The number of amides is 2. The number of rotatable bonds is 8. The maximum absolute atomic E-state index is 11.5. The SMILES string of the molecule is CCN[C@@H](CCCNC(N)=O)C(=O)CC. The third-order valence-corrected chi connectivity index (χ3v) is 2.16. The van der Waals surface area contributed by atoms with E-state index in [4.69, 9.17) is 5.73 Å². The first-order valence-electron chi connectivity index (χ1n) is 5.41. The van der Waals surface area contributed by atoms with Crippen molar-refractivity contribution in [3.8, 4) is 0 Å². The lowest BCUT2D eigenvalue weighted by atomic mass is 10.1. The summed E-state index contributed by atoms with van der Waals surface area (Å²) in [5.41, 5.74) is 4.92. The molecule has 5 nitrogen and oxygen atoms in total. The predicted molar refractivity (Wildman–Crippen MR) is 59.6 cm³/mol. The molecule has 5 heteroatoms. The summed E-state index contributed by atoms with van der Waals surface area (Å²) >= 11 is 0. The molecule has 2 amide bonds. The van der Waals surface area contributed by atoms with Crippen molar-refractivity contribution in [2.75, 3.05) is 13.1 Å². The van der Waals surface area contributed by atoms with Gasteiger partial charge in [0, 0.05) is 13.0 Å². The Morgan fingerprint density at radius 3 is 2.47 bits per heavy atom. The number of urea groups is 1. The van der Waals surface area contributed by atoms with E-state index in [1.165, 1.54) is 0 Å². The Bertz CT molecular complexity index is 207. The third kappa shape index (κ3) is 6.90. The summed E-state index contributed by atoms with van der Waals surface area (Å²) in [7, 11) is 0. The third-order valence-electron chi connectivity index (χ3n) is 2.16. The van der Waals surface area contributed by atoms with Crippen LogP contribution >= 0.6 is 0 Å². The van der Waals surface area contributed by atoms with Gasteiger partial charge in [0.15, 0.2) is 0 Å². The molecule has 1 atom stereocenters. The lowest BCUT2D eigenvalue weighted by Gasteiger charge is -2.15. The van der Waals surface area contributed by atoms with E-state index in [-0.39, 0.29) is 11.8 Å². The number of nitrogens with two attached hydrogens (primary N) is 1. The maximum Gasteiger partial charge on any atom is 0.312 e. The molecule has 0 radical (unpaired) electrons. The average molecular weight is 215 g/mol. The van der Waals surface area contributed by atoms with E-state index >= 15 is 0 Å². The summed E-state index contributed by atoms with van der Waals surface area (Å²) in [6.07, 6.45) is 2.04. The van der Waals surface area contributed by atoms with Crippen molar-refractivity contribution in [2.45, 2.75) is 39.2 Å². The number of primary amides is 1.